The molecule has 0 radical (unpaired) electrons. The second-order valence-electron chi connectivity index (χ2n) is 7.98. The molecule has 34 heavy (non-hydrogen) atoms. The summed E-state index contributed by atoms with van der Waals surface area (Å²) in [5.74, 6) is 0.452. The van der Waals surface area contributed by atoms with Crippen LogP contribution in [0.4, 0.5) is 0 Å². The van der Waals surface area contributed by atoms with E-state index in [1.807, 2.05) is 67.7 Å². The van der Waals surface area contributed by atoms with Gasteiger partial charge in [0.15, 0.2) is 0 Å². The minimum Gasteiger partial charge on any atom is -0.451 e. The lowest BCUT2D eigenvalue weighted by Crippen LogP contribution is -2.35. The van der Waals surface area contributed by atoms with E-state index >= 15 is 0 Å². The Morgan fingerprint density at radius 3 is 2.18 bits per heavy atom. The molecule has 1 atom stereocenters. The van der Waals surface area contributed by atoms with E-state index in [2.05, 4.69) is 22.4 Å². The highest BCUT2D eigenvalue weighted by atomic mass is 16.6. The number of hydrogen-bond acceptors (Lipinski definition) is 5. The third-order valence-corrected chi connectivity index (χ3v) is 5.55. The molecule has 0 aliphatic rings. The summed E-state index contributed by atoms with van der Waals surface area (Å²) in [6.45, 7) is 0.524. The standard InChI is InChI=1S/C28H27N3O3/c1-29-27(32)24-8-6-21(7-9-24)22-10-12-26(13-11-22)34-28(33)31(2)19-20-4-3-5-25(18-20)23-14-16-30-17-15-23/h3-18,28,33H,19H2,1-2H3,(H,29,32). The molecule has 2 N–H and O–H groups in total. The van der Waals surface area contributed by atoms with Gasteiger partial charge < -0.3 is 15.2 Å². The first-order chi connectivity index (χ1) is 16.5. The van der Waals surface area contributed by atoms with Crippen LogP contribution in [0.2, 0.25) is 0 Å². The summed E-state index contributed by atoms with van der Waals surface area (Å²) in [6, 6.07) is 27.0. The monoisotopic (exact) mass is 453 g/mol. The number of amides is 1. The van der Waals surface area contributed by atoms with E-state index in [-0.39, 0.29) is 5.91 Å². The number of ether oxygens (including phenoxy) is 1. The lowest BCUT2D eigenvalue weighted by Gasteiger charge is -2.24. The third-order valence-electron chi connectivity index (χ3n) is 5.55. The maximum atomic E-state index is 11.7. The molecule has 6 heteroatoms. The number of aliphatic hydroxyl groups excluding tert-OH is 1. The number of rotatable bonds is 8. The number of carbonyl (C=O) groups is 1. The average Bonchev–Trinajstić information content (AvgIpc) is 2.89. The van der Waals surface area contributed by atoms with Gasteiger partial charge in [0.25, 0.3) is 12.3 Å². The molecule has 0 fully saturated rings. The Labute approximate surface area is 199 Å². The molecule has 1 heterocycles. The Hall–Kier alpha value is -4.00. The van der Waals surface area contributed by atoms with Crippen molar-refractivity contribution in [3.05, 3.63) is 108 Å². The lowest BCUT2D eigenvalue weighted by molar-refractivity contribution is -0.128. The fourth-order valence-corrected chi connectivity index (χ4v) is 3.66. The van der Waals surface area contributed by atoms with Gasteiger partial charge in [0, 0.05) is 31.5 Å². The molecule has 172 valence electrons. The molecular weight excluding hydrogens is 426 g/mol. The van der Waals surface area contributed by atoms with Crippen molar-refractivity contribution in [2.75, 3.05) is 14.1 Å². The summed E-state index contributed by atoms with van der Waals surface area (Å²) >= 11 is 0. The van der Waals surface area contributed by atoms with Crippen molar-refractivity contribution >= 4 is 5.91 Å². The third kappa shape index (κ3) is 5.67. The highest BCUT2D eigenvalue weighted by molar-refractivity contribution is 5.94. The van der Waals surface area contributed by atoms with Crippen molar-refractivity contribution in [2.24, 2.45) is 0 Å². The molecule has 0 aliphatic carbocycles. The number of nitrogens with zero attached hydrogens (tertiary/aromatic N) is 2. The van der Waals surface area contributed by atoms with Gasteiger partial charge in [0.1, 0.15) is 5.75 Å². The molecular formula is C28H27N3O3. The van der Waals surface area contributed by atoms with E-state index in [9.17, 15) is 9.90 Å². The number of hydrogen-bond donors (Lipinski definition) is 2. The van der Waals surface area contributed by atoms with Gasteiger partial charge in [-0.2, -0.15) is 0 Å². The zero-order valence-corrected chi connectivity index (χ0v) is 19.2. The molecule has 0 saturated heterocycles. The van der Waals surface area contributed by atoms with E-state index in [0.29, 0.717) is 17.9 Å². The SMILES string of the molecule is CNC(=O)c1ccc(-c2ccc(OC(O)N(C)Cc3cccc(-c4ccncc4)c3)cc2)cc1. The van der Waals surface area contributed by atoms with E-state index in [1.165, 1.54) is 0 Å². The molecule has 1 aromatic heterocycles. The van der Waals surface area contributed by atoms with Gasteiger partial charge in [0.2, 0.25) is 0 Å². The Balaban J connectivity index is 1.37. The van der Waals surface area contributed by atoms with Crippen molar-refractivity contribution in [1.29, 1.82) is 0 Å². The summed E-state index contributed by atoms with van der Waals surface area (Å²) in [4.78, 5) is 17.5. The number of benzene rings is 3. The summed E-state index contributed by atoms with van der Waals surface area (Å²) in [7, 11) is 3.42. The van der Waals surface area contributed by atoms with Crippen LogP contribution in [0.1, 0.15) is 15.9 Å². The highest BCUT2D eigenvalue weighted by Crippen LogP contribution is 2.24. The first-order valence-electron chi connectivity index (χ1n) is 11.0. The van der Waals surface area contributed by atoms with Gasteiger partial charge in [-0.15, -0.1) is 0 Å². The van der Waals surface area contributed by atoms with Gasteiger partial charge in [-0.25, -0.2) is 4.90 Å². The number of pyridine rings is 1. The minimum atomic E-state index is -1.10. The second kappa shape index (κ2) is 10.7. The van der Waals surface area contributed by atoms with Gasteiger partial charge >= 0.3 is 0 Å². The molecule has 4 aromatic rings. The van der Waals surface area contributed by atoms with Crippen LogP contribution in [0.3, 0.4) is 0 Å². The van der Waals surface area contributed by atoms with E-state index in [0.717, 1.165) is 27.8 Å². The van der Waals surface area contributed by atoms with Gasteiger partial charge in [-0.3, -0.25) is 9.78 Å². The van der Waals surface area contributed by atoms with E-state index in [4.69, 9.17) is 4.74 Å². The highest BCUT2D eigenvalue weighted by Gasteiger charge is 2.14. The molecule has 4 rings (SSSR count). The first kappa shape index (κ1) is 23.2. The summed E-state index contributed by atoms with van der Waals surface area (Å²) in [5, 5.41) is 13.2. The largest absolute Gasteiger partial charge is 0.451 e. The quantitative estimate of drug-likeness (QED) is 0.383. The van der Waals surface area contributed by atoms with E-state index < -0.39 is 6.41 Å². The van der Waals surface area contributed by atoms with Crippen LogP contribution < -0.4 is 10.1 Å². The maximum Gasteiger partial charge on any atom is 0.259 e. The van der Waals surface area contributed by atoms with Crippen molar-refractivity contribution in [1.82, 2.24) is 15.2 Å². The zero-order valence-electron chi connectivity index (χ0n) is 19.2. The number of carbonyl (C=O) groups excluding carboxylic acids is 1. The summed E-state index contributed by atoms with van der Waals surface area (Å²) < 4.78 is 5.74. The predicted octanol–water partition coefficient (Wildman–Crippen LogP) is 4.56. The normalized spacial score (nSPS) is 11.8. The fraction of sp³-hybridized carbons (Fsp3) is 0.143. The molecule has 0 aliphatic heterocycles. The maximum absolute atomic E-state index is 11.7. The average molecular weight is 454 g/mol. The van der Waals surface area contributed by atoms with Crippen LogP contribution in [0.25, 0.3) is 22.3 Å². The van der Waals surface area contributed by atoms with Gasteiger partial charge in [0.05, 0.1) is 0 Å². The Morgan fingerprint density at radius 1 is 0.912 bits per heavy atom. The van der Waals surface area contributed by atoms with Crippen LogP contribution in [0, 0.1) is 0 Å². The molecule has 0 bridgehead atoms. The van der Waals surface area contributed by atoms with Gasteiger partial charge in [-0.05, 0) is 77.3 Å². The van der Waals surface area contributed by atoms with E-state index in [1.54, 1.807) is 36.5 Å². The second-order valence-corrected chi connectivity index (χ2v) is 7.98. The Kier molecular flexibility index (Phi) is 7.32. The summed E-state index contributed by atoms with van der Waals surface area (Å²) in [5.41, 5.74) is 5.86. The Morgan fingerprint density at radius 2 is 1.53 bits per heavy atom. The van der Waals surface area contributed by atoms with Crippen LogP contribution in [-0.2, 0) is 6.54 Å². The molecule has 1 amide bonds. The zero-order chi connectivity index (χ0) is 23.9. The van der Waals surface area contributed by atoms with Crippen LogP contribution in [0.15, 0.2) is 97.3 Å². The summed E-state index contributed by atoms with van der Waals surface area (Å²) in [6.07, 6.45) is 2.45. The number of nitrogens with one attached hydrogen (secondary N) is 1. The van der Waals surface area contributed by atoms with Crippen LogP contribution >= 0.6 is 0 Å². The van der Waals surface area contributed by atoms with Crippen LogP contribution in [-0.4, -0.2) is 41.4 Å². The number of aliphatic hydroxyl groups is 1. The minimum absolute atomic E-state index is 0.113. The van der Waals surface area contributed by atoms with Crippen LogP contribution in [0.5, 0.6) is 5.75 Å². The van der Waals surface area contributed by atoms with Crippen molar-refractivity contribution in [3.8, 4) is 28.0 Å². The molecule has 1 unspecified atom stereocenters. The van der Waals surface area contributed by atoms with Gasteiger partial charge in [-0.1, -0.05) is 42.5 Å². The van der Waals surface area contributed by atoms with Crippen molar-refractivity contribution < 1.29 is 14.6 Å². The molecule has 0 spiro atoms. The predicted molar refractivity (Wildman–Crippen MR) is 133 cm³/mol. The smallest absolute Gasteiger partial charge is 0.259 e. The molecule has 3 aromatic carbocycles. The fourth-order valence-electron chi connectivity index (χ4n) is 3.66. The first-order valence-corrected chi connectivity index (χ1v) is 11.0. The molecule has 6 nitrogen and oxygen atoms in total. The molecule has 0 saturated carbocycles. The van der Waals surface area contributed by atoms with Crippen molar-refractivity contribution in [2.45, 2.75) is 13.0 Å². The topological polar surface area (TPSA) is 74.7 Å². The number of aromatic nitrogens is 1. The van der Waals surface area contributed by atoms with Crippen molar-refractivity contribution in [3.63, 3.8) is 0 Å². The lowest BCUT2D eigenvalue weighted by atomic mass is 10.0. The Bertz CT molecular complexity index is 1230.